The highest BCUT2D eigenvalue weighted by molar-refractivity contribution is 5.92. The van der Waals surface area contributed by atoms with E-state index in [1.165, 1.54) is 6.07 Å². The number of halogens is 3. The lowest BCUT2D eigenvalue weighted by atomic mass is 10.0. The van der Waals surface area contributed by atoms with Crippen LogP contribution in [-0.2, 0) is 17.3 Å². The number of aromatic nitrogens is 1. The molecule has 1 aromatic carbocycles. The van der Waals surface area contributed by atoms with Gasteiger partial charge in [0.05, 0.1) is 18.3 Å². The number of hydrogen-bond acceptors (Lipinski definition) is 2. The highest BCUT2D eigenvalue weighted by Gasteiger charge is 2.31. The number of alkyl halides is 3. The molecule has 2 aromatic rings. The van der Waals surface area contributed by atoms with E-state index in [4.69, 9.17) is 4.74 Å². The molecule has 1 fully saturated rings. The smallest absolute Gasteiger partial charge is 0.374 e. The number of benzene rings is 1. The first kappa shape index (κ1) is 17.5. The van der Waals surface area contributed by atoms with Crippen molar-refractivity contribution in [1.29, 1.82) is 0 Å². The van der Waals surface area contributed by atoms with Crippen LogP contribution in [0.4, 0.5) is 13.2 Å². The van der Waals surface area contributed by atoms with Crippen molar-refractivity contribution in [2.45, 2.75) is 25.6 Å². The van der Waals surface area contributed by atoms with Crippen LogP contribution in [0.3, 0.4) is 0 Å². The lowest BCUT2D eigenvalue weighted by Gasteiger charge is -2.33. The maximum absolute atomic E-state index is 12.8. The number of H-pyrrole nitrogens is 1. The highest BCUT2D eigenvalue weighted by atomic mass is 19.4. The molecule has 7 heteroatoms. The number of rotatable bonds is 3. The van der Waals surface area contributed by atoms with Crippen molar-refractivity contribution in [2.24, 2.45) is 0 Å². The molecule has 1 N–H and O–H groups in total. The lowest BCUT2D eigenvalue weighted by Crippen LogP contribution is -2.46. The highest BCUT2D eigenvalue weighted by Crippen LogP contribution is 2.30. The molecule has 0 aliphatic carbocycles. The molecule has 25 heavy (non-hydrogen) atoms. The van der Waals surface area contributed by atoms with Crippen LogP contribution in [0.1, 0.15) is 27.2 Å². The van der Waals surface area contributed by atoms with E-state index in [2.05, 4.69) is 4.98 Å². The zero-order valence-electron chi connectivity index (χ0n) is 13.8. The molecule has 0 spiro atoms. The number of amides is 1. The largest absolute Gasteiger partial charge is 0.416 e. The van der Waals surface area contributed by atoms with Gasteiger partial charge in [0, 0.05) is 25.7 Å². The third-order valence-electron chi connectivity index (χ3n) is 4.20. The number of aryl methyl sites for hydroxylation is 1. The Hall–Kier alpha value is -2.28. The van der Waals surface area contributed by atoms with Crippen LogP contribution in [0.15, 0.2) is 36.5 Å². The second-order valence-corrected chi connectivity index (χ2v) is 6.24. The van der Waals surface area contributed by atoms with Crippen LogP contribution in [0.2, 0.25) is 0 Å². The van der Waals surface area contributed by atoms with E-state index in [0.29, 0.717) is 37.4 Å². The van der Waals surface area contributed by atoms with Crippen molar-refractivity contribution in [2.75, 3.05) is 19.7 Å². The molecular weight excluding hydrogens is 333 g/mol. The molecular formula is C18H19F3N2O2. The van der Waals surface area contributed by atoms with Crippen LogP contribution < -0.4 is 0 Å². The number of aromatic amines is 1. The Morgan fingerprint density at radius 2 is 2.16 bits per heavy atom. The molecule has 1 aliphatic rings. The summed E-state index contributed by atoms with van der Waals surface area (Å²) in [6, 6.07) is 7.01. The van der Waals surface area contributed by atoms with Crippen molar-refractivity contribution in [3.63, 3.8) is 0 Å². The molecule has 134 valence electrons. The van der Waals surface area contributed by atoms with Crippen LogP contribution in [0.5, 0.6) is 0 Å². The number of nitrogens with one attached hydrogen (secondary N) is 1. The van der Waals surface area contributed by atoms with Gasteiger partial charge >= 0.3 is 6.18 Å². The van der Waals surface area contributed by atoms with E-state index >= 15 is 0 Å². The maximum atomic E-state index is 12.8. The van der Waals surface area contributed by atoms with Gasteiger partial charge in [0.15, 0.2) is 0 Å². The molecule has 0 unspecified atom stereocenters. The summed E-state index contributed by atoms with van der Waals surface area (Å²) in [6.45, 7) is 3.08. The summed E-state index contributed by atoms with van der Waals surface area (Å²) >= 11 is 0. The van der Waals surface area contributed by atoms with E-state index in [1.807, 2.05) is 6.92 Å². The lowest BCUT2D eigenvalue weighted by molar-refractivity contribution is -0.137. The van der Waals surface area contributed by atoms with Gasteiger partial charge in [-0.25, -0.2) is 0 Å². The fourth-order valence-corrected chi connectivity index (χ4v) is 2.96. The monoisotopic (exact) mass is 352 g/mol. The normalized spacial score (nSPS) is 18.4. The molecule has 1 aliphatic heterocycles. The zero-order chi connectivity index (χ0) is 18.0. The standard InChI is InChI=1S/C18H19F3N2O2/c1-12-7-16(22-10-12)17(24)23-5-6-25-15(11-23)9-13-3-2-4-14(8-13)18(19,20)21/h2-4,7-8,10,15,22H,5-6,9,11H2,1H3/t15-/m1/s1. The first-order valence-electron chi connectivity index (χ1n) is 8.05. The fraction of sp³-hybridized carbons (Fsp3) is 0.389. The number of hydrogen-bond donors (Lipinski definition) is 1. The Bertz CT molecular complexity index is 755. The van der Waals surface area contributed by atoms with Gasteiger partial charge in [-0.05, 0) is 30.2 Å². The van der Waals surface area contributed by atoms with E-state index in [0.717, 1.165) is 17.7 Å². The number of nitrogens with zero attached hydrogens (tertiary/aromatic N) is 1. The van der Waals surface area contributed by atoms with Crippen molar-refractivity contribution in [3.8, 4) is 0 Å². The second-order valence-electron chi connectivity index (χ2n) is 6.24. The zero-order valence-corrected chi connectivity index (χ0v) is 13.8. The molecule has 3 rings (SSSR count). The number of morpholine rings is 1. The summed E-state index contributed by atoms with van der Waals surface area (Å²) in [4.78, 5) is 17.1. The molecule has 1 saturated heterocycles. The summed E-state index contributed by atoms with van der Waals surface area (Å²) in [6.07, 6.45) is -2.60. The molecule has 2 heterocycles. The molecule has 1 amide bonds. The minimum absolute atomic E-state index is 0.120. The van der Waals surface area contributed by atoms with Crippen LogP contribution in [0.25, 0.3) is 0 Å². The topological polar surface area (TPSA) is 45.3 Å². The Morgan fingerprint density at radius 1 is 1.36 bits per heavy atom. The van der Waals surface area contributed by atoms with E-state index in [-0.39, 0.29) is 12.0 Å². The fourth-order valence-electron chi connectivity index (χ4n) is 2.96. The maximum Gasteiger partial charge on any atom is 0.416 e. The van der Waals surface area contributed by atoms with E-state index in [9.17, 15) is 18.0 Å². The predicted molar refractivity (Wildman–Crippen MR) is 86.3 cm³/mol. The summed E-state index contributed by atoms with van der Waals surface area (Å²) in [5.41, 5.74) is 1.36. The van der Waals surface area contributed by atoms with Crippen molar-refractivity contribution >= 4 is 5.91 Å². The number of carbonyl (C=O) groups excluding carboxylic acids is 1. The van der Waals surface area contributed by atoms with Gasteiger partial charge in [-0.3, -0.25) is 4.79 Å². The van der Waals surface area contributed by atoms with Crippen molar-refractivity contribution in [1.82, 2.24) is 9.88 Å². The Balaban J connectivity index is 1.67. The van der Waals surface area contributed by atoms with Crippen molar-refractivity contribution < 1.29 is 22.7 Å². The minimum Gasteiger partial charge on any atom is -0.374 e. The average Bonchev–Trinajstić information content (AvgIpc) is 3.00. The van der Waals surface area contributed by atoms with Gasteiger partial charge in [0.25, 0.3) is 5.91 Å². The molecule has 1 aromatic heterocycles. The number of ether oxygens (including phenoxy) is 1. The van der Waals surface area contributed by atoms with Gasteiger partial charge in [0.1, 0.15) is 5.69 Å². The van der Waals surface area contributed by atoms with Gasteiger partial charge in [-0.1, -0.05) is 18.2 Å². The Kier molecular flexibility index (Phi) is 4.85. The first-order chi connectivity index (χ1) is 11.8. The molecule has 0 saturated carbocycles. The SMILES string of the molecule is Cc1c[nH]c(C(=O)N2CCO[C@H](Cc3cccc(C(F)(F)F)c3)C2)c1. The quantitative estimate of drug-likeness (QED) is 0.920. The summed E-state index contributed by atoms with van der Waals surface area (Å²) in [5.74, 6) is -0.120. The number of carbonyl (C=O) groups is 1. The molecule has 0 radical (unpaired) electrons. The Morgan fingerprint density at radius 3 is 2.84 bits per heavy atom. The summed E-state index contributed by atoms with van der Waals surface area (Å²) in [5, 5.41) is 0. The van der Waals surface area contributed by atoms with Gasteiger partial charge in [0.2, 0.25) is 0 Å². The first-order valence-corrected chi connectivity index (χ1v) is 8.05. The average molecular weight is 352 g/mol. The van der Waals surface area contributed by atoms with E-state index < -0.39 is 11.7 Å². The predicted octanol–water partition coefficient (Wildman–Crippen LogP) is 3.43. The van der Waals surface area contributed by atoms with Crippen LogP contribution >= 0.6 is 0 Å². The van der Waals surface area contributed by atoms with Crippen LogP contribution in [-0.4, -0.2) is 41.6 Å². The van der Waals surface area contributed by atoms with Gasteiger partial charge < -0.3 is 14.6 Å². The summed E-state index contributed by atoms with van der Waals surface area (Å²) in [7, 11) is 0. The van der Waals surface area contributed by atoms with Gasteiger partial charge in [-0.2, -0.15) is 13.2 Å². The third kappa shape index (κ3) is 4.22. The van der Waals surface area contributed by atoms with Gasteiger partial charge in [-0.15, -0.1) is 0 Å². The second kappa shape index (κ2) is 6.92. The Labute approximate surface area is 143 Å². The van der Waals surface area contributed by atoms with E-state index in [1.54, 1.807) is 23.2 Å². The third-order valence-corrected chi connectivity index (χ3v) is 4.20. The van der Waals surface area contributed by atoms with Crippen molar-refractivity contribution in [3.05, 3.63) is 58.9 Å². The molecule has 0 bridgehead atoms. The molecule has 4 nitrogen and oxygen atoms in total. The van der Waals surface area contributed by atoms with Crippen LogP contribution in [0, 0.1) is 6.92 Å². The minimum atomic E-state index is -4.36. The molecule has 1 atom stereocenters. The summed E-state index contributed by atoms with van der Waals surface area (Å²) < 4.78 is 44.1.